The van der Waals surface area contributed by atoms with Crippen LogP contribution in [0.4, 0.5) is 0 Å². The first-order chi connectivity index (χ1) is 21.3. The third kappa shape index (κ3) is 5.30. The summed E-state index contributed by atoms with van der Waals surface area (Å²) in [5.74, 6) is 0. The van der Waals surface area contributed by atoms with E-state index in [9.17, 15) is 0 Å². The Bertz CT molecular complexity index is 1750. The molecule has 0 fully saturated rings. The van der Waals surface area contributed by atoms with Gasteiger partial charge in [0.2, 0.25) is 0 Å². The van der Waals surface area contributed by atoms with Crippen LogP contribution in [0.2, 0.25) is 4.13 Å². The van der Waals surface area contributed by atoms with Crippen molar-refractivity contribution < 1.29 is 16.4 Å². The van der Waals surface area contributed by atoms with Crippen molar-refractivity contribution in [3.05, 3.63) is 127 Å². The van der Waals surface area contributed by atoms with Crippen molar-refractivity contribution in [2.45, 2.75) is 86.5 Å². The van der Waals surface area contributed by atoms with Crippen molar-refractivity contribution in [3.8, 4) is 22.3 Å². The van der Waals surface area contributed by atoms with Gasteiger partial charge in [0.05, 0.1) is 0 Å². The first-order valence-electron chi connectivity index (χ1n) is 16.7. The first kappa shape index (κ1) is 32.8. The Hall–Kier alpha value is -2.18. The summed E-state index contributed by atoms with van der Waals surface area (Å²) in [5, 5.41) is 0. The summed E-state index contributed by atoms with van der Waals surface area (Å²) >= 11 is -4.85. The zero-order valence-corrected chi connectivity index (χ0v) is 32.4. The van der Waals surface area contributed by atoms with Gasteiger partial charge >= 0.3 is 282 Å². The standard InChI is InChI=1S/2C20H21.C2H5.2ClH.Zr/c2*1-5-16-11-19-15(4)6-7-18(20(19)12-16)17-9-13(2)8-14(3)10-17;1-2;;;/h2*6-12H,5H2,1-4H3;1H2,2H3;2*1H;/q;;;;;+2/p-2. The van der Waals surface area contributed by atoms with Crippen LogP contribution in [0.3, 0.4) is 0 Å². The van der Waals surface area contributed by atoms with Crippen LogP contribution in [-0.4, -0.2) is 0 Å². The molecule has 0 N–H and O–H groups in total. The molecule has 45 heavy (non-hydrogen) atoms. The fourth-order valence-electron chi connectivity index (χ4n) is 8.77. The molecule has 2 aliphatic carbocycles. The molecule has 0 saturated carbocycles. The first-order valence-corrected chi connectivity index (χ1v) is 27.6. The molecule has 0 aliphatic heterocycles. The van der Waals surface area contributed by atoms with E-state index in [1.807, 2.05) is 0 Å². The zero-order valence-electron chi connectivity index (χ0n) is 28.5. The number of fused-ring (bicyclic) bond motifs is 2. The number of benzene rings is 4. The van der Waals surface area contributed by atoms with E-state index in [0.29, 0.717) is 0 Å². The zero-order chi connectivity index (χ0) is 32.4. The molecule has 2 aliphatic rings. The Balaban J connectivity index is 1.61. The molecule has 2 unspecified atom stereocenters. The minimum atomic E-state index is -4.85. The molecule has 6 rings (SSSR count). The van der Waals surface area contributed by atoms with Gasteiger partial charge < -0.3 is 0 Å². The Morgan fingerprint density at radius 3 is 1.20 bits per heavy atom. The summed E-state index contributed by atoms with van der Waals surface area (Å²) in [4.78, 5) is 0. The fourth-order valence-corrected chi connectivity index (χ4v) is 27.4. The van der Waals surface area contributed by atoms with E-state index >= 15 is 0 Å². The van der Waals surface area contributed by atoms with Crippen molar-refractivity contribution in [1.29, 1.82) is 0 Å². The van der Waals surface area contributed by atoms with E-state index in [4.69, 9.17) is 17.0 Å². The maximum absolute atomic E-state index is 8.53. The second kappa shape index (κ2) is 11.8. The van der Waals surface area contributed by atoms with Gasteiger partial charge in [-0.1, -0.05) is 0 Å². The van der Waals surface area contributed by atoms with E-state index in [2.05, 4.69) is 135 Å². The molecule has 0 bridgehead atoms. The number of rotatable bonds is 7. The van der Waals surface area contributed by atoms with Crippen molar-refractivity contribution in [1.82, 2.24) is 0 Å². The summed E-state index contributed by atoms with van der Waals surface area (Å²) in [7, 11) is 17.1. The number of allylic oxidation sites excluding steroid dienone is 2. The second-order valence-corrected chi connectivity index (χ2v) is 36.9. The molecule has 0 nitrogen and oxygen atoms in total. The molecule has 4 aromatic rings. The van der Waals surface area contributed by atoms with Crippen LogP contribution in [0.5, 0.6) is 0 Å². The molecule has 0 amide bonds. The summed E-state index contributed by atoms with van der Waals surface area (Å²) in [6.45, 7) is 20.2. The molecule has 0 radical (unpaired) electrons. The molecule has 0 spiro atoms. The van der Waals surface area contributed by atoms with Crippen molar-refractivity contribution >= 4 is 29.2 Å². The SMILES string of the molecule is CCC1=Cc2c(-c3cc(C)cc(C)c3)ccc(C)c2[CH]1[Zr]([Cl])([Cl])([CH2]C)[CH]1C(CC)=Cc2c(-c3cc(C)cc(C)c3)ccc(C)c21. The van der Waals surface area contributed by atoms with Crippen LogP contribution in [0.25, 0.3) is 34.4 Å². The van der Waals surface area contributed by atoms with E-state index in [-0.39, 0.29) is 7.25 Å². The average molecular weight is 714 g/mol. The molecule has 2 atom stereocenters. The van der Waals surface area contributed by atoms with Gasteiger partial charge in [-0.25, -0.2) is 0 Å². The van der Waals surface area contributed by atoms with Gasteiger partial charge in [0.1, 0.15) is 0 Å². The number of halogens is 2. The summed E-state index contributed by atoms with van der Waals surface area (Å²) in [6, 6.07) is 23.0. The summed E-state index contributed by atoms with van der Waals surface area (Å²) in [6.07, 6.45) is 6.83. The van der Waals surface area contributed by atoms with Crippen molar-refractivity contribution in [2.24, 2.45) is 0 Å². The van der Waals surface area contributed by atoms with Crippen LogP contribution in [0.15, 0.2) is 71.8 Å². The Kier molecular flexibility index (Phi) is 8.60. The van der Waals surface area contributed by atoms with E-state index < -0.39 is 16.4 Å². The molecule has 0 aromatic heterocycles. The Morgan fingerprint density at radius 1 is 0.533 bits per heavy atom. The fraction of sp³-hybridized carbons (Fsp3) is 0.333. The van der Waals surface area contributed by atoms with E-state index in [0.717, 1.165) is 17.0 Å². The number of hydrogen-bond acceptors (Lipinski definition) is 0. The Labute approximate surface area is 279 Å². The van der Waals surface area contributed by atoms with Crippen LogP contribution in [0.1, 0.15) is 96.5 Å². The van der Waals surface area contributed by atoms with Gasteiger partial charge in [-0.05, 0) is 0 Å². The predicted octanol–water partition coefficient (Wildman–Crippen LogP) is 13.7. The molecule has 3 heteroatoms. The second-order valence-electron chi connectivity index (χ2n) is 14.0. The molecular formula is C42H47Cl2Zr. The van der Waals surface area contributed by atoms with Gasteiger partial charge in [-0.15, -0.1) is 0 Å². The van der Waals surface area contributed by atoms with Gasteiger partial charge in [-0.3, -0.25) is 0 Å². The third-order valence-corrected chi connectivity index (χ3v) is 31.4. The van der Waals surface area contributed by atoms with Crippen LogP contribution < -0.4 is 0 Å². The number of hydrogen-bond donors (Lipinski definition) is 0. The van der Waals surface area contributed by atoms with Crippen molar-refractivity contribution in [3.63, 3.8) is 0 Å². The topological polar surface area (TPSA) is 0 Å². The molecule has 0 heterocycles. The van der Waals surface area contributed by atoms with Crippen LogP contribution in [-0.2, 0) is 16.4 Å². The van der Waals surface area contributed by atoms with E-state index in [1.165, 1.54) is 89.0 Å². The third-order valence-electron chi connectivity index (χ3n) is 10.7. The summed E-state index contributed by atoms with van der Waals surface area (Å²) < 4.78 is 0.968. The molecule has 0 saturated heterocycles. The quantitative estimate of drug-likeness (QED) is 0.179. The van der Waals surface area contributed by atoms with Gasteiger partial charge in [0.15, 0.2) is 0 Å². The van der Waals surface area contributed by atoms with Crippen LogP contribution >= 0.6 is 17.0 Å². The van der Waals surface area contributed by atoms with Crippen LogP contribution in [0, 0.1) is 41.5 Å². The Morgan fingerprint density at radius 2 is 0.889 bits per heavy atom. The number of aryl methyl sites for hydroxylation is 6. The average Bonchev–Trinajstić information content (AvgIpc) is 3.59. The minimum absolute atomic E-state index is 0.0702. The monoisotopic (exact) mass is 711 g/mol. The molecular weight excluding hydrogens is 667 g/mol. The van der Waals surface area contributed by atoms with Crippen molar-refractivity contribution in [2.75, 3.05) is 0 Å². The van der Waals surface area contributed by atoms with Gasteiger partial charge in [-0.2, -0.15) is 0 Å². The molecule has 4 aromatic carbocycles. The molecule has 233 valence electrons. The van der Waals surface area contributed by atoms with Gasteiger partial charge in [0, 0.05) is 0 Å². The summed E-state index contributed by atoms with van der Waals surface area (Å²) in [5.41, 5.74) is 21.2. The maximum atomic E-state index is 8.53. The normalized spacial score (nSPS) is 18.2. The predicted molar refractivity (Wildman–Crippen MR) is 196 cm³/mol. The van der Waals surface area contributed by atoms with Gasteiger partial charge in [0.25, 0.3) is 0 Å². The van der Waals surface area contributed by atoms with E-state index in [1.54, 1.807) is 0 Å².